The van der Waals surface area contributed by atoms with Crippen LogP contribution in [0.2, 0.25) is 0 Å². The Balaban J connectivity index is 1.36. The van der Waals surface area contributed by atoms with E-state index in [9.17, 15) is 4.79 Å². The van der Waals surface area contributed by atoms with Gasteiger partial charge < -0.3 is 14.3 Å². The Hall–Kier alpha value is -4.13. The molecule has 0 saturated carbocycles. The third kappa shape index (κ3) is 3.69. The lowest BCUT2D eigenvalue weighted by Gasteiger charge is -2.16. The van der Waals surface area contributed by atoms with E-state index in [2.05, 4.69) is 21.5 Å². The van der Waals surface area contributed by atoms with Gasteiger partial charge in [-0.05, 0) is 61.9 Å². The molecule has 4 heterocycles. The van der Waals surface area contributed by atoms with Crippen LogP contribution in [0.1, 0.15) is 24.2 Å². The van der Waals surface area contributed by atoms with Crippen molar-refractivity contribution in [1.29, 1.82) is 0 Å². The Kier molecular flexibility index (Phi) is 5.07. The molecule has 0 aliphatic heterocycles. The lowest BCUT2D eigenvalue weighted by atomic mass is 10.1. The molecule has 1 atom stereocenters. The summed E-state index contributed by atoms with van der Waals surface area (Å²) in [7, 11) is 0. The van der Waals surface area contributed by atoms with Crippen molar-refractivity contribution < 1.29 is 9.21 Å². The molecule has 32 heavy (non-hydrogen) atoms. The van der Waals surface area contributed by atoms with E-state index in [1.807, 2.05) is 79.3 Å². The topological polar surface area (TPSA) is 77.9 Å². The molecule has 7 heteroatoms. The Labute approximate surface area is 185 Å². The minimum absolute atomic E-state index is 0.0839. The molecule has 0 spiro atoms. The third-order valence-electron chi connectivity index (χ3n) is 5.54. The van der Waals surface area contributed by atoms with Crippen LogP contribution in [0.25, 0.3) is 28.0 Å². The fourth-order valence-electron chi connectivity index (χ4n) is 4.00. The van der Waals surface area contributed by atoms with Crippen LogP contribution < -0.4 is 5.32 Å². The van der Waals surface area contributed by atoms with Gasteiger partial charge in [-0.2, -0.15) is 5.10 Å². The van der Waals surface area contributed by atoms with Crippen LogP contribution in [-0.4, -0.2) is 25.2 Å². The fourth-order valence-corrected chi connectivity index (χ4v) is 4.00. The number of carbonyl (C=O) groups is 1. The maximum atomic E-state index is 12.9. The number of nitrogens with zero attached hydrogens (tertiary/aromatic N) is 4. The van der Waals surface area contributed by atoms with E-state index in [1.54, 1.807) is 17.1 Å². The summed E-state index contributed by atoms with van der Waals surface area (Å²) in [6.07, 6.45) is 7.35. The second kappa shape index (κ2) is 8.19. The maximum Gasteiger partial charge on any atom is 0.242 e. The van der Waals surface area contributed by atoms with Gasteiger partial charge in [-0.25, -0.2) is 9.67 Å². The molecule has 4 aromatic heterocycles. The van der Waals surface area contributed by atoms with E-state index in [1.165, 1.54) is 0 Å². The molecule has 1 aromatic carbocycles. The van der Waals surface area contributed by atoms with Gasteiger partial charge in [0.25, 0.3) is 0 Å². The first-order chi connectivity index (χ1) is 15.6. The summed E-state index contributed by atoms with van der Waals surface area (Å²) in [6, 6.07) is 17.6. The Morgan fingerprint density at radius 3 is 2.75 bits per heavy atom. The van der Waals surface area contributed by atoms with Crippen LogP contribution in [0.15, 0.2) is 83.9 Å². The van der Waals surface area contributed by atoms with Gasteiger partial charge in [0.15, 0.2) is 5.65 Å². The summed E-state index contributed by atoms with van der Waals surface area (Å²) in [6.45, 7) is 3.98. The van der Waals surface area contributed by atoms with Crippen LogP contribution in [0, 0.1) is 6.92 Å². The second-order valence-electron chi connectivity index (χ2n) is 7.75. The smallest absolute Gasteiger partial charge is 0.242 e. The van der Waals surface area contributed by atoms with Crippen LogP contribution in [0.5, 0.6) is 0 Å². The quantitative estimate of drug-likeness (QED) is 0.429. The number of furan rings is 1. The van der Waals surface area contributed by atoms with E-state index in [0.717, 1.165) is 33.7 Å². The van der Waals surface area contributed by atoms with Crippen molar-refractivity contribution in [2.24, 2.45) is 0 Å². The average molecular weight is 425 g/mol. The number of benzene rings is 1. The van der Waals surface area contributed by atoms with E-state index in [-0.39, 0.29) is 18.5 Å². The number of pyridine rings is 1. The molecule has 7 nitrogen and oxygen atoms in total. The average Bonchev–Trinajstić information content (AvgIpc) is 3.56. The summed E-state index contributed by atoms with van der Waals surface area (Å²) >= 11 is 0. The maximum absolute atomic E-state index is 12.9. The van der Waals surface area contributed by atoms with Gasteiger partial charge in [0.05, 0.1) is 23.4 Å². The van der Waals surface area contributed by atoms with E-state index in [4.69, 9.17) is 4.42 Å². The number of fused-ring (bicyclic) bond motifs is 1. The molecule has 1 unspecified atom stereocenters. The molecular weight excluding hydrogens is 402 g/mol. The van der Waals surface area contributed by atoms with Crippen LogP contribution in [0.3, 0.4) is 0 Å². The number of carbonyl (C=O) groups excluding carboxylic acids is 1. The minimum Gasteiger partial charge on any atom is -0.464 e. The van der Waals surface area contributed by atoms with Crippen molar-refractivity contribution in [2.75, 3.05) is 0 Å². The summed E-state index contributed by atoms with van der Waals surface area (Å²) < 4.78 is 9.25. The van der Waals surface area contributed by atoms with Crippen molar-refractivity contribution in [3.05, 3.63) is 90.7 Å². The van der Waals surface area contributed by atoms with Gasteiger partial charge in [0, 0.05) is 29.8 Å². The molecule has 0 radical (unpaired) electrons. The molecule has 5 rings (SSSR count). The van der Waals surface area contributed by atoms with Gasteiger partial charge in [-0.3, -0.25) is 4.79 Å². The Morgan fingerprint density at radius 1 is 1.12 bits per heavy atom. The van der Waals surface area contributed by atoms with Crippen molar-refractivity contribution in [3.8, 4) is 17.0 Å². The van der Waals surface area contributed by atoms with Crippen LogP contribution in [0.4, 0.5) is 0 Å². The van der Waals surface area contributed by atoms with E-state index < -0.39 is 0 Å². The second-order valence-corrected chi connectivity index (χ2v) is 7.75. The standard InChI is InChI=1S/C25H23N5O2/c1-17(19-7-5-8-20(15-19)29-12-3-4-13-29)27-23(31)16-30-25-24(18(2)28-30)21(10-11-26-25)22-9-6-14-32-22/h3-15,17H,16H2,1-2H3,(H,27,31). The number of aryl methyl sites for hydroxylation is 1. The molecule has 0 aliphatic rings. The number of amides is 1. The molecule has 0 bridgehead atoms. The predicted molar refractivity (Wildman–Crippen MR) is 122 cm³/mol. The fraction of sp³-hybridized carbons (Fsp3) is 0.160. The largest absolute Gasteiger partial charge is 0.464 e. The highest BCUT2D eigenvalue weighted by atomic mass is 16.3. The monoisotopic (exact) mass is 425 g/mol. The minimum atomic E-state index is -0.146. The number of nitrogens with one attached hydrogen (secondary N) is 1. The molecular formula is C25H23N5O2. The Bertz CT molecular complexity index is 1370. The lowest BCUT2D eigenvalue weighted by molar-refractivity contribution is -0.122. The highest BCUT2D eigenvalue weighted by Crippen LogP contribution is 2.30. The molecule has 5 aromatic rings. The first kappa shape index (κ1) is 19.8. The number of hydrogen-bond acceptors (Lipinski definition) is 4. The van der Waals surface area contributed by atoms with Gasteiger partial charge in [0.2, 0.25) is 5.91 Å². The predicted octanol–water partition coefficient (Wildman–Crippen LogP) is 4.67. The normalized spacial score (nSPS) is 12.2. The number of rotatable bonds is 6. The first-order valence-corrected chi connectivity index (χ1v) is 10.5. The number of aromatic nitrogens is 4. The van der Waals surface area contributed by atoms with Crippen LogP contribution in [-0.2, 0) is 11.3 Å². The molecule has 0 saturated heterocycles. The first-order valence-electron chi connectivity index (χ1n) is 10.5. The zero-order valence-corrected chi connectivity index (χ0v) is 17.9. The van der Waals surface area contributed by atoms with Crippen molar-refractivity contribution >= 4 is 16.9 Å². The summed E-state index contributed by atoms with van der Waals surface area (Å²) in [5.74, 6) is 0.624. The summed E-state index contributed by atoms with van der Waals surface area (Å²) in [5.41, 5.74) is 4.47. The van der Waals surface area contributed by atoms with Crippen molar-refractivity contribution in [1.82, 2.24) is 24.6 Å². The molecule has 160 valence electrons. The number of hydrogen-bond donors (Lipinski definition) is 1. The zero-order valence-electron chi connectivity index (χ0n) is 17.9. The molecule has 1 amide bonds. The zero-order chi connectivity index (χ0) is 22.1. The molecule has 1 N–H and O–H groups in total. The molecule has 0 fully saturated rings. The third-order valence-corrected chi connectivity index (χ3v) is 5.54. The van der Waals surface area contributed by atoms with Gasteiger partial charge in [-0.15, -0.1) is 0 Å². The van der Waals surface area contributed by atoms with Crippen LogP contribution >= 0.6 is 0 Å². The lowest BCUT2D eigenvalue weighted by Crippen LogP contribution is -2.30. The summed E-state index contributed by atoms with van der Waals surface area (Å²) in [4.78, 5) is 17.3. The summed E-state index contributed by atoms with van der Waals surface area (Å²) in [5, 5.41) is 8.55. The van der Waals surface area contributed by atoms with Crippen molar-refractivity contribution in [2.45, 2.75) is 26.4 Å². The van der Waals surface area contributed by atoms with Gasteiger partial charge in [-0.1, -0.05) is 12.1 Å². The highest BCUT2D eigenvalue weighted by Gasteiger charge is 2.18. The van der Waals surface area contributed by atoms with Gasteiger partial charge in [0.1, 0.15) is 12.3 Å². The Morgan fingerprint density at radius 2 is 1.97 bits per heavy atom. The molecule has 0 aliphatic carbocycles. The van der Waals surface area contributed by atoms with Gasteiger partial charge >= 0.3 is 0 Å². The van der Waals surface area contributed by atoms with E-state index >= 15 is 0 Å². The highest BCUT2D eigenvalue weighted by molar-refractivity contribution is 5.93. The van der Waals surface area contributed by atoms with E-state index in [0.29, 0.717) is 5.65 Å². The van der Waals surface area contributed by atoms with Crippen molar-refractivity contribution in [3.63, 3.8) is 0 Å². The SMILES string of the molecule is Cc1nn(CC(=O)NC(C)c2cccc(-n3cccc3)c2)c2nccc(-c3ccco3)c12.